The van der Waals surface area contributed by atoms with Crippen LogP contribution in [0.2, 0.25) is 0 Å². The molecule has 2 aliphatic rings. The third-order valence-electron chi connectivity index (χ3n) is 4.34. The van der Waals surface area contributed by atoms with E-state index >= 15 is 0 Å². The number of nitrogens with zero attached hydrogens (tertiary/aromatic N) is 3. The summed E-state index contributed by atoms with van der Waals surface area (Å²) in [5.41, 5.74) is 2.55. The van der Waals surface area contributed by atoms with Crippen LogP contribution in [-0.4, -0.2) is 40.9 Å². The van der Waals surface area contributed by atoms with Gasteiger partial charge < -0.3 is 14.2 Å². The molecule has 6 heteroatoms. The highest BCUT2D eigenvalue weighted by atomic mass is 16.5. The summed E-state index contributed by atoms with van der Waals surface area (Å²) in [4.78, 5) is 19.1. The molecule has 0 saturated carbocycles. The maximum atomic E-state index is 13.0. The molecule has 0 fully saturated rings. The summed E-state index contributed by atoms with van der Waals surface area (Å²) in [7, 11) is 5.89. The van der Waals surface area contributed by atoms with E-state index in [9.17, 15) is 4.79 Å². The fourth-order valence-electron chi connectivity index (χ4n) is 3.23. The van der Waals surface area contributed by atoms with Gasteiger partial charge in [0.2, 0.25) is 0 Å². The topological polar surface area (TPSA) is 47.4 Å². The molecule has 2 radical (unpaired) electrons. The van der Waals surface area contributed by atoms with Crippen LogP contribution in [0.5, 0.6) is 0 Å². The summed E-state index contributed by atoms with van der Waals surface area (Å²) in [6, 6.07) is 7.06. The fraction of sp³-hybridized carbons (Fsp3) is 0.294. The molecule has 114 valence electrons. The highest BCUT2D eigenvalue weighted by Crippen LogP contribution is 2.28. The first-order valence-corrected chi connectivity index (χ1v) is 7.68. The van der Waals surface area contributed by atoms with Crippen LogP contribution in [0.4, 0.5) is 0 Å². The van der Waals surface area contributed by atoms with Crippen LogP contribution < -0.4 is 5.46 Å². The Morgan fingerprint density at radius 1 is 1.39 bits per heavy atom. The van der Waals surface area contributed by atoms with E-state index in [1.54, 1.807) is 12.6 Å². The van der Waals surface area contributed by atoms with E-state index in [1.807, 2.05) is 46.0 Å². The molecule has 0 saturated heterocycles. The second-order valence-electron chi connectivity index (χ2n) is 5.95. The Kier molecular flexibility index (Phi) is 3.44. The van der Waals surface area contributed by atoms with E-state index in [0.29, 0.717) is 18.6 Å². The van der Waals surface area contributed by atoms with Crippen molar-refractivity contribution in [2.24, 2.45) is 0 Å². The van der Waals surface area contributed by atoms with Gasteiger partial charge in [-0.05, 0) is 11.6 Å². The van der Waals surface area contributed by atoms with Crippen molar-refractivity contribution < 1.29 is 9.53 Å². The van der Waals surface area contributed by atoms with Gasteiger partial charge in [0, 0.05) is 12.6 Å². The third-order valence-corrected chi connectivity index (χ3v) is 4.34. The summed E-state index contributed by atoms with van der Waals surface area (Å²) in [6.45, 7) is 1.13. The molecule has 2 unspecified atom stereocenters. The summed E-state index contributed by atoms with van der Waals surface area (Å²) < 4.78 is 7.45. The normalized spacial score (nSPS) is 23.0. The lowest BCUT2D eigenvalue weighted by Gasteiger charge is -2.35. The number of ether oxygens (including phenoxy) is 1. The SMILES string of the molecule is [B]c1cccc(C2C(=O)N(CC3CC=CO3)Cc3cncn32)c1. The van der Waals surface area contributed by atoms with Crippen LogP contribution in [0, 0.1) is 0 Å². The number of aromatic nitrogens is 2. The van der Waals surface area contributed by atoms with Crippen molar-refractivity contribution in [2.45, 2.75) is 25.1 Å². The van der Waals surface area contributed by atoms with E-state index in [4.69, 9.17) is 12.6 Å². The van der Waals surface area contributed by atoms with Gasteiger partial charge in [0.05, 0.1) is 31.4 Å². The van der Waals surface area contributed by atoms with Crippen LogP contribution in [0.1, 0.15) is 23.7 Å². The molecule has 2 aliphatic heterocycles. The third kappa shape index (κ3) is 2.54. The number of hydrogen-bond donors (Lipinski definition) is 0. The summed E-state index contributed by atoms with van der Waals surface area (Å²) >= 11 is 0. The van der Waals surface area contributed by atoms with Gasteiger partial charge >= 0.3 is 0 Å². The molecule has 0 N–H and O–H groups in total. The van der Waals surface area contributed by atoms with E-state index in [1.165, 1.54) is 0 Å². The number of fused-ring (bicyclic) bond motifs is 1. The molecule has 0 bridgehead atoms. The number of imidazole rings is 1. The molecule has 5 nitrogen and oxygen atoms in total. The second-order valence-corrected chi connectivity index (χ2v) is 5.95. The monoisotopic (exact) mass is 305 g/mol. The van der Waals surface area contributed by atoms with Crippen LogP contribution in [0.25, 0.3) is 0 Å². The zero-order chi connectivity index (χ0) is 15.8. The maximum Gasteiger partial charge on any atom is 0.250 e. The standard InChI is InChI=1S/C17H16BN3O2/c18-13-4-1-3-12(7-13)16-17(22)20(10-15-5-2-6-23-15)9-14-8-19-11-21(14)16/h1-4,6-8,11,15-16H,5,9-10H2. The number of carbonyl (C=O) groups excluding carboxylic acids is 1. The molecule has 1 aromatic carbocycles. The predicted octanol–water partition coefficient (Wildman–Crippen LogP) is 0.911. The average molecular weight is 305 g/mol. The lowest BCUT2D eigenvalue weighted by molar-refractivity contribution is -0.137. The highest BCUT2D eigenvalue weighted by molar-refractivity contribution is 6.32. The van der Waals surface area contributed by atoms with Crippen molar-refractivity contribution in [1.29, 1.82) is 0 Å². The van der Waals surface area contributed by atoms with E-state index in [2.05, 4.69) is 4.98 Å². The minimum Gasteiger partial charge on any atom is -0.496 e. The molecule has 23 heavy (non-hydrogen) atoms. The van der Waals surface area contributed by atoms with Gasteiger partial charge in [0.1, 0.15) is 20.0 Å². The zero-order valence-corrected chi connectivity index (χ0v) is 12.6. The second kappa shape index (κ2) is 5.61. The molecule has 4 rings (SSSR count). The minimum atomic E-state index is -0.417. The summed E-state index contributed by atoms with van der Waals surface area (Å²) in [6.07, 6.45) is 8.09. The Hall–Kier alpha value is -2.50. The quantitative estimate of drug-likeness (QED) is 0.792. The molecule has 0 aliphatic carbocycles. The lowest BCUT2D eigenvalue weighted by atomic mass is 9.91. The van der Waals surface area contributed by atoms with Gasteiger partial charge in [-0.3, -0.25) is 4.79 Å². The first-order valence-electron chi connectivity index (χ1n) is 7.68. The molecule has 1 aromatic heterocycles. The first-order chi connectivity index (χ1) is 11.2. The Morgan fingerprint density at radius 2 is 2.30 bits per heavy atom. The molecule has 2 aromatic rings. The average Bonchev–Trinajstić information content (AvgIpc) is 3.19. The van der Waals surface area contributed by atoms with Gasteiger partial charge in [-0.25, -0.2) is 4.98 Å². The minimum absolute atomic E-state index is 0.0370. The molecule has 0 spiro atoms. The van der Waals surface area contributed by atoms with Crippen molar-refractivity contribution in [3.05, 3.63) is 60.4 Å². The molecular formula is C17H16BN3O2. The molecule has 3 heterocycles. The largest absolute Gasteiger partial charge is 0.496 e. The van der Waals surface area contributed by atoms with Crippen LogP contribution in [0.3, 0.4) is 0 Å². The summed E-state index contributed by atoms with van der Waals surface area (Å²) in [5, 5.41) is 0. The van der Waals surface area contributed by atoms with Gasteiger partial charge in [-0.15, -0.1) is 0 Å². The Balaban J connectivity index is 1.68. The number of hydrogen-bond acceptors (Lipinski definition) is 3. The maximum absolute atomic E-state index is 13.0. The zero-order valence-electron chi connectivity index (χ0n) is 12.6. The van der Waals surface area contributed by atoms with Crippen molar-refractivity contribution in [3.63, 3.8) is 0 Å². The van der Waals surface area contributed by atoms with Crippen molar-refractivity contribution in [2.75, 3.05) is 6.54 Å². The van der Waals surface area contributed by atoms with Crippen molar-refractivity contribution in [3.8, 4) is 0 Å². The molecular weight excluding hydrogens is 289 g/mol. The predicted molar refractivity (Wildman–Crippen MR) is 86.2 cm³/mol. The van der Waals surface area contributed by atoms with E-state index < -0.39 is 6.04 Å². The molecule has 2 atom stereocenters. The van der Waals surface area contributed by atoms with Gasteiger partial charge in [0.25, 0.3) is 5.91 Å². The fourth-order valence-corrected chi connectivity index (χ4v) is 3.23. The number of rotatable bonds is 3. The number of amides is 1. The first kappa shape index (κ1) is 14.1. The Labute approximate surface area is 136 Å². The van der Waals surface area contributed by atoms with Gasteiger partial charge in [-0.2, -0.15) is 0 Å². The highest BCUT2D eigenvalue weighted by Gasteiger charge is 2.35. The Morgan fingerprint density at radius 3 is 3.09 bits per heavy atom. The van der Waals surface area contributed by atoms with Gasteiger partial charge in [-0.1, -0.05) is 29.7 Å². The van der Waals surface area contributed by atoms with Crippen LogP contribution >= 0.6 is 0 Å². The smallest absolute Gasteiger partial charge is 0.250 e. The summed E-state index contributed by atoms with van der Waals surface area (Å²) in [5.74, 6) is 0.0524. The van der Waals surface area contributed by atoms with Crippen LogP contribution in [-0.2, 0) is 16.1 Å². The Bertz CT molecular complexity index is 763. The van der Waals surface area contributed by atoms with Gasteiger partial charge in [0.15, 0.2) is 0 Å². The lowest BCUT2D eigenvalue weighted by Crippen LogP contribution is -2.45. The van der Waals surface area contributed by atoms with E-state index in [-0.39, 0.29) is 12.0 Å². The molecule has 1 amide bonds. The van der Waals surface area contributed by atoms with Crippen LogP contribution in [0.15, 0.2) is 49.1 Å². The van der Waals surface area contributed by atoms with E-state index in [0.717, 1.165) is 17.7 Å². The van der Waals surface area contributed by atoms with Crippen molar-refractivity contribution >= 4 is 19.2 Å². The number of benzene rings is 1. The number of carbonyl (C=O) groups is 1. The van der Waals surface area contributed by atoms with Crippen molar-refractivity contribution in [1.82, 2.24) is 14.5 Å².